The van der Waals surface area contributed by atoms with Gasteiger partial charge in [0.1, 0.15) is 0 Å². The lowest BCUT2D eigenvalue weighted by molar-refractivity contribution is 0.0869. The Morgan fingerprint density at radius 3 is 2.57 bits per heavy atom. The van der Waals surface area contributed by atoms with Gasteiger partial charge in [0, 0.05) is 5.56 Å². The van der Waals surface area contributed by atoms with Crippen LogP contribution in [0.2, 0.25) is 0 Å². The van der Waals surface area contributed by atoms with Gasteiger partial charge in [0.05, 0.1) is 11.1 Å². The van der Waals surface area contributed by atoms with Crippen molar-refractivity contribution in [2.75, 3.05) is 0 Å². The Hall–Kier alpha value is -1.97. The van der Waals surface area contributed by atoms with E-state index in [-0.39, 0.29) is 22.5 Å². The molecule has 0 spiro atoms. The van der Waals surface area contributed by atoms with Crippen LogP contribution in [0.25, 0.3) is 0 Å². The number of imide groups is 1. The first-order chi connectivity index (χ1) is 6.61. The predicted octanol–water partition coefficient (Wildman–Crippen LogP) is 0.788. The molecular weight excluding hydrogens is 182 g/mol. The van der Waals surface area contributed by atoms with Crippen molar-refractivity contribution >= 4 is 17.6 Å². The Morgan fingerprint density at radius 1 is 1.21 bits per heavy atom. The summed E-state index contributed by atoms with van der Waals surface area (Å²) in [7, 11) is 0. The van der Waals surface area contributed by atoms with E-state index in [1.54, 1.807) is 6.07 Å². The molecule has 0 fully saturated rings. The molecule has 1 aromatic rings. The van der Waals surface area contributed by atoms with Gasteiger partial charge in [-0.05, 0) is 13.0 Å². The summed E-state index contributed by atoms with van der Waals surface area (Å²) in [6, 6.07) is 4.59. The molecule has 1 aliphatic rings. The fraction of sp³-hybridized carbons (Fsp3) is 0.100. The molecule has 0 N–H and O–H groups in total. The highest BCUT2D eigenvalue weighted by Gasteiger charge is 2.31. The molecule has 1 heterocycles. The number of nitrogens with zero attached hydrogens (tertiary/aromatic N) is 1. The largest absolute Gasteiger partial charge is 0.294 e. The number of carbonyl (C=O) groups excluding carboxylic acids is 3. The minimum atomic E-state index is -0.615. The van der Waals surface area contributed by atoms with Crippen molar-refractivity contribution in [3.05, 3.63) is 34.9 Å². The van der Waals surface area contributed by atoms with Crippen LogP contribution >= 0.6 is 0 Å². The van der Waals surface area contributed by atoms with E-state index in [0.717, 1.165) is 0 Å². The Labute approximate surface area is 79.9 Å². The van der Waals surface area contributed by atoms with Crippen LogP contribution in [0.15, 0.2) is 18.2 Å². The molecule has 0 aliphatic carbocycles. The maximum Gasteiger partial charge on any atom is 0.281 e. The third kappa shape index (κ3) is 1.04. The van der Waals surface area contributed by atoms with Crippen LogP contribution in [0.5, 0.6) is 0 Å². The van der Waals surface area contributed by atoms with E-state index < -0.39 is 11.8 Å². The van der Waals surface area contributed by atoms with Crippen LogP contribution in [0.3, 0.4) is 0 Å². The van der Waals surface area contributed by atoms with Gasteiger partial charge in [-0.15, -0.1) is 0 Å². The van der Waals surface area contributed by atoms with Gasteiger partial charge in [-0.3, -0.25) is 14.4 Å². The fourth-order valence-corrected chi connectivity index (χ4v) is 1.46. The molecule has 0 bridgehead atoms. The number of carbonyl (C=O) groups is 3. The van der Waals surface area contributed by atoms with Gasteiger partial charge in [0.15, 0.2) is 5.78 Å². The summed E-state index contributed by atoms with van der Waals surface area (Å²) < 4.78 is 0. The standard InChI is InChI=1S/C10H6NO3/c1-5(12)6-3-2-4-7-8(6)10(14)11-9(7)13/h2-4H,1H3. The number of Topliss-reactive ketones (excluding diaryl/α,β-unsaturated/α-hetero) is 1. The number of hydrogen-bond acceptors (Lipinski definition) is 3. The van der Waals surface area contributed by atoms with Crippen molar-refractivity contribution in [2.45, 2.75) is 6.92 Å². The molecule has 2 amide bonds. The first kappa shape index (κ1) is 8.62. The molecule has 14 heavy (non-hydrogen) atoms. The second-order valence-corrected chi connectivity index (χ2v) is 3.01. The second-order valence-electron chi connectivity index (χ2n) is 3.01. The molecule has 1 aromatic carbocycles. The van der Waals surface area contributed by atoms with Gasteiger partial charge in [-0.1, -0.05) is 12.1 Å². The number of hydrogen-bond donors (Lipinski definition) is 0. The highest BCUT2D eigenvalue weighted by atomic mass is 16.2. The third-order valence-electron chi connectivity index (χ3n) is 2.09. The quantitative estimate of drug-likeness (QED) is 0.483. The molecule has 69 valence electrons. The number of amides is 2. The lowest BCUT2D eigenvalue weighted by Gasteiger charge is -1.99. The first-order valence-corrected chi connectivity index (χ1v) is 4.05. The minimum Gasteiger partial charge on any atom is -0.294 e. The number of rotatable bonds is 1. The molecule has 4 nitrogen and oxygen atoms in total. The molecule has 2 rings (SSSR count). The van der Waals surface area contributed by atoms with Crippen LogP contribution in [0, 0.1) is 0 Å². The molecule has 1 radical (unpaired) electrons. The molecule has 0 aromatic heterocycles. The van der Waals surface area contributed by atoms with Crippen molar-refractivity contribution in [2.24, 2.45) is 0 Å². The van der Waals surface area contributed by atoms with E-state index in [9.17, 15) is 14.4 Å². The minimum absolute atomic E-state index is 0.144. The molecular formula is C10H6NO3. The van der Waals surface area contributed by atoms with Crippen molar-refractivity contribution < 1.29 is 14.4 Å². The zero-order valence-corrected chi connectivity index (χ0v) is 7.40. The van der Waals surface area contributed by atoms with Crippen LogP contribution < -0.4 is 5.32 Å². The molecule has 0 unspecified atom stereocenters. The Morgan fingerprint density at radius 2 is 1.93 bits per heavy atom. The van der Waals surface area contributed by atoms with Gasteiger partial charge in [0.25, 0.3) is 11.8 Å². The van der Waals surface area contributed by atoms with Crippen LogP contribution in [0.4, 0.5) is 0 Å². The molecule has 0 atom stereocenters. The maximum atomic E-state index is 11.3. The highest BCUT2D eigenvalue weighted by molar-refractivity contribution is 6.24. The SMILES string of the molecule is CC(=O)c1cccc2c1C(=O)[N]C2=O. The zero-order chi connectivity index (χ0) is 10.3. The number of ketones is 1. The normalized spacial score (nSPS) is 13.8. The average Bonchev–Trinajstić information content (AvgIpc) is 2.43. The number of benzene rings is 1. The summed E-state index contributed by atoms with van der Waals surface area (Å²) >= 11 is 0. The molecule has 1 aliphatic heterocycles. The lowest BCUT2D eigenvalue weighted by Crippen LogP contribution is -2.12. The number of fused-ring (bicyclic) bond motifs is 1. The van der Waals surface area contributed by atoms with E-state index in [4.69, 9.17) is 0 Å². The lowest BCUT2D eigenvalue weighted by atomic mass is 10.0. The van der Waals surface area contributed by atoms with Gasteiger partial charge in [-0.25, -0.2) is 0 Å². The van der Waals surface area contributed by atoms with Gasteiger partial charge in [-0.2, -0.15) is 5.32 Å². The summed E-state index contributed by atoms with van der Waals surface area (Å²) in [6.45, 7) is 1.35. The van der Waals surface area contributed by atoms with Crippen molar-refractivity contribution in [1.82, 2.24) is 5.32 Å². The van der Waals surface area contributed by atoms with Gasteiger partial charge in [0.2, 0.25) is 0 Å². The van der Waals surface area contributed by atoms with Gasteiger partial charge >= 0.3 is 0 Å². The smallest absolute Gasteiger partial charge is 0.281 e. The topological polar surface area (TPSA) is 65.3 Å². The summed E-state index contributed by atoms with van der Waals surface area (Å²) in [6.07, 6.45) is 0. The fourth-order valence-electron chi connectivity index (χ4n) is 1.46. The van der Waals surface area contributed by atoms with E-state index in [0.29, 0.717) is 0 Å². The Kier molecular flexibility index (Phi) is 1.70. The Bertz CT molecular complexity index is 462. The maximum absolute atomic E-state index is 11.3. The zero-order valence-electron chi connectivity index (χ0n) is 7.40. The monoisotopic (exact) mass is 188 g/mol. The highest BCUT2D eigenvalue weighted by Crippen LogP contribution is 2.21. The Balaban J connectivity index is 2.74. The van der Waals surface area contributed by atoms with Crippen LogP contribution in [0.1, 0.15) is 38.0 Å². The van der Waals surface area contributed by atoms with Crippen LogP contribution in [-0.4, -0.2) is 17.6 Å². The van der Waals surface area contributed by atoms with Crippen LogP contribution in [-0.2, 0) is 0 Å². The van der Waals surface area contributed by atoms with Gasteiger partial charge < -0.3 is 0 Å². The third-order valence-corrected chi connectivity index (χ3v) is 2.09. The van der Waals surface area contributed by atoms with E-state index in [1.165, 1.54) is 19.1 Å². The molecule has 4 heteroatoms. The van der Waals surface area contributed by atoms with Crippen molar-refractivity contribution in [3.63, 3.8) is 0 Å². The van der Waals surface area contributed by atoms with E-state index >= 15 is 0 Å². The summed E-state index contributed by atoms with van der Waals surface area (Å²) in [5.74, 6) is -1.41. The van der Waals surface area contributed by atoms with Crippen molar-refractivity contribution in [3.8, 4) is 0 Å². The van der Waals surface area contributed by atoms with E-state index in [2.05, 4.69) is 5.32 Å². The second kappa shape index (κ2) is 2.77. The molecule has 0 saturated carbocycles. The van der Waals surface area contributed by atoms with Crippen molar-refractivity contribution in [1.29, 1.82) is 0 Å². The summed E-state index contributed by atoms with van der Waals surface area (Å²) in [5.41, 5.74) is 0.634. The molecule has 0 saturated heterocycles. The summed E-state index contributed by atoms with van der Waals surface area (Å²) in [5, 5.41) is 3.27. The summed E-state index contributed by atoms with van der Waals surface area (Å²) in [4.78, 5) is 33.6. The average molecular weight is 188 g/mol. The van der Waals surface area contributed by atoms with E-state index in [1.807, 2.05) is 0 Å². The predicted molar refractivity (Wildman–Crippen MR) is 47.2 cm³/mol. The first-order valence-electron chi connectivity index (χ1n) is 4.05.